The van der Waals surface area contributed by atoms with Crippen LogP contribution in [0.5, 0.6) is 0 Å². The molecule has 1 aromatic rings. The third-order valence-corrected chi connectivity index (χ3v) is 2.87. The second-order valence-corrected chi connectivity index (χ2v) is 5.13. The van der Waals surface area contributed by atoms with Gasteiger partial charge in [0.1, 0.15) is 0 Å². The smallest absolute Gasteiger partial charge is 0.418 e. The largest absolute Gasteiger partial charge is 0.449 e. The first kappa shape index (κ1) is 16.5. The van der Waals surface area contributed by atoms with Crippen LogP contribution in [-0.2, 0) is 23.8 Å². The zero-order valence-electron chi connectivity index (χ0n) is 13.1. The van der Waals surface area contributed by atoms with Crippen molar-refractivity contribution in [1.29, 1.82) is 0 Å². The SMILES string of the molecule is CCOC(=O)N(C=C1C(=O)OC(C)(C)OC1=O)c1ccccc1. The standard InChI is InChI=1S/C16H17NO6/c1-4-21-15(20)17(11-8-6-5-7-9-11)10-12-13(18)22-16(2,3)23-14(12)19/h5-10H,4H2,1-3H3. The number of benzene rings is 1. The van der Waals surface area contributed by atoms with Gasteiger partial charge in [-0.05, 0) is 19.1 Å². The average Bonchev–Trinajstić information content (AvgIpc) is 2.46. The molecule has 0 aliphatic carbocycles. The van der Waals surface area contributed by atoms with E-state index in [4.69, 9.17) is 14.2 Å². The Kier molecular flexibility index (Phi) is 4.68. The number of carbonyl (C=O) groups excluding carboxylic acids is 3. The van der Waals surface area contributed by atoms with Crippen molar-refractivity contribution in [3.05, 3.63) is 42.1 Å². The van der Waals surface area contributed by atoms with Gasteiger partial charge in [0.05, 0.1) is 12.3 Å². The molecular weight excluding hydrogens is 302 g/mol. The molecule has 0 radical (unpaired) electrons. The topological polar surface area (TPSA) is 82.1 Å². The van der Waals surface area contributed by atoms with Crippen LogP contribution in [0, 0.1) is 0 Å². The van der Waals surface area contributed by atoms with Crippen molar-refractivity contribution in [1.82, 2.24) is 0 Å². The van der Waals surface area contributed by atoms with Crippen molar-refractivity contribution in [3.8, 4) is 0 Å². The van der Waals surface area contributed by atoms with Crippen LogP contribution in [0.1, 0.15) is 20.8 Å². The Labute approximate surface area is 133 Å². The van der Waals surface area contributed by atoms with Crippen molar-refractivity contribution in [2.24, 2.45) is 0 Å². The highest BCUT2D eigenvalue weighted by Gasteiger charge is 2.39. The van der Waals surface area contributed by atoms with E-state index in [1.165, 1.54) is 13.8 Å². The van der Waals surface area contributed by atoms with E-state index in [-0.39, 0.29) is 12.2 Å². The number of hydrogen-bond donors (Lipinski definition) is 0. The van der Waals surface area contributed by atoms with Gasteiger partial charge in [-0.25, -0.2) is 14.4 Å². The number of rotatable bonds is 3. The molecule has 1 aliphatic rings. The first-order chi connectivity index (χ1) is 10.8. The number of amides is 1. The molecule has 7 heteroatoms. The lowest BCUT2D eigenvalue weighted by atomic mass is 10.2. The summed E-state index contributed by atoms with van der Waals surface area (Å²) >= 11 is 0. The summed E-state index contributed by atoms with van der Waals surface area (Å²) in [4.78, 5) is 37.2. The molecule has 0 saturated carbocycles. The normalized spacial score (nSPS) is 16.2. The predicted octanol–water partition coefficient (Wildman–Crippen LogP) is 2.37. The lowest BCUT2D eigenvalue weighted by Crippen LogP contribution is -2.42. The van der Waals surface area contributed by atoms with Gasteiger partial charge in [0.25, 0.3) is 5.79 Å². The van der Waals surface area contributed by atoms with Crippen molar-refractivity contribution >= 4 is 23.7 Å². The lowest BCUT2D eigenvalue weighted by molar-refractivity contribution is -0.222. The molecule has 0 aromatic heterocycles. The molecule has 1 aromatic carbocycles. The number of hydrogen-bond acceptors (Lipinski definition) is 6. The maximum Gasteiger partial charge on any atom is 0.418 e. The predicted molar refractivity (Wildman–Crippen MR) is 80.3 cm³/mol. The highest BCUT2D eigenvalue weighted by atomic mass is 16.7. The number of cyclic esters (lactones) is 2. The van der Waals surface area contributed by atoms with Crippen molar-refractivity contribution in [3.63, 3.8) is 0 Å². The summed E-state index contributed by atoms with van der Waals surface area (Å²) in [6, 6.07) is 8.46. The van der Waals surface area contributed by atoms with Crippen LogP contribution in [0.25, 0.3) is 0 Å². The molecule has 0 atom stereocenters. The fourth-order valence-corrected chi connectivity index (χ4v) is 1.91. The second kappa shape index (κ2) is 6.51. The van der Waals surface area contributed by atoms with Gasteiger partial charge in [0, 0.05) is 20.0 Å². The molecule has 1 saturated heterocycles. The van der Waals surface area contributed by atoms with Gasteiger partial charge in [-0.2, -0.15) is 0 Å². The first-order valence-corrected chi connectivity index (χ1v) is 7.03. The van der Waals surface area contributed by atoms with Crippen molar-refractivity contribution < 1.29 is 28.6 Å². The Hall–Kier alpha value is -2.83. The minimum absolute atomic E-state index is 0.146. The molecule has 0 unspecified atom stereocenters. The molecule has 2 rings (SSSR count). The van der Waals surface area contributed by atoms with E-state index in [1.807, 2.05) is 0 Å². The summed E-state index contributed by atoms with van der Waals surface area (Å²) in [7, 11) is 0. The van der Waals surface area contributed by atoms with Gasteiger partial charge >= 0.3 is 18.0 Å². The first-order valence-electron chi connectivity index (χ1n) is 7.03. The van der Waals surface area contributed by atoms with Crippen LogP contribution >= 0.6 is 0 Å². The van der Waals surface area contributed by atoms with Gasteiger partial charge in [0.2, 0.25) is 0 Å². The number of para-hydroxylation sites is 1. The Morgan fingerprint density at radius 3 is 2.26 bits per heavy atom. The minimum atomic E-state index is -1.34. The van der Waals surface area contributed by atoms with Crippen LogP contribution in [-0.4, -0.2) is 30.4 Å². The van der Waals surface area contributed by atoms with Gasteiger partial charge in [0.15, 0.2) is 5.57 Å². The lowest BCUT2D eigenvalue weighted by Gasteiger charge is -2.30. The zero-order chi connectivity index (χ0) is 17.0. The molecule has 7 nitrogen and oxygen atoms in total. The van der Waals surface area contributed by atoms with Gasteiger partial charge < -0.3 is 14.2 Å². The maximum absolute atomic E-state index is 12.1. The average molecular weight is 319 g/mol. The summed E-state index contributed by atoms with van der Waals surface area (Å²) < 4.78 is 15.0. The molecule has 0 bridgehead atoms. The van der Waals surface area contributed by atoms with Crippen molar-refractivity contribution in [2.45, 2.75) is 26.6 Å². The van der Waals surface area contributed by atoms with E-state index in [0.29, 0.717) is 5.69 Å². The van der Waals surface area contributed by atoms with E-state index in [9.17, 15) is 14.4 Å². The zero-order valence-corrected chi connectivity index (χ0v) is 13.1. The number of anilines is 1. The summed E-state index contributed by atoms with van der Waals surface area (Å²) in [5.74, 6) is -3.07. The molecule has 1 fully saturated rings. The summed E-state index contributed by atoms with van der Waals surface area (Å²) in [5, 5.41) is 0. The van der Waals surface area contributed by atoms with Gasteiger partial charge in [-0.15, -0.1) is 0 Å². The Bertz CT molecular complexity index is 628. The fourth-order valence-electron chi connectivity index (χ4n) is 1.91. The van der Waals surface area contributed by atoms with Crippen LogP contribution in [0.2, 0.25) is 0 Å². The number of carbonyl (C=O) groups is 3. The monoisotopic (exact) mass is 319 g/mol. The number of esters is 2. The molecular formula is C16H17NO6. The van der Waals surface area contributed by atoms with Crippen molar-refractivity contribution in [2.75, 3.05) is 11.5 Å². The highest BCUT2D eigenvalue weighted by molar-refractivity contribution is 6.16. The van der Waals surface area contributed by atoms with Crippen LogP contribution in [0.4, 0.5) is 10.5 Å². The Balaban J connectivity index is 2.39. The molecule has 1 amide bonds. The fraction of sp³-hybridized carbons (Fsp3) is 0.312. The Morgan fingerprint density at radius 2 is 1.74 bits per heavy atom. The number of ether oxygens (including phenoxy) is 3. The molecule has 122 valence electrons. The Morgan fingerprint density at radius 1 is 1.17 bits per heavy atom. The van der Waals surface area contributed by atoms with Crippen LogP contribution < -0.4 is 4.90 Å². The highest BCUT2D eigenvalue weighted by Crippen LogP contribution is 2.24. The van der Waals surface area contributed by atoms with E-state index in [2.05, 4.69) is 0 Å². The molecule has 0 N–H and O–H groups in total. The maximum atomic E-state index is 12.1. The summed E-state index contributed by atoms with van der Waals surface area (Å²) in [6.45, 7) is 4.69. The number of nitrogens with zero attached hydrogens (tertiary/aromatic N) is 1. The van der Waals surface area contributed by atoms with Gasteiger partial charge in [-0.1, -0.05) is 18.2 Å². The summed E-state index contributed by atoms with van der Waals surface area (Å²) in [6.07, 6.45) is 0.337. The minimum Gasteiger partial charge on any atom is -0.449 e. The second-order valence-electron chi connectivity index (χ2n) is 5.13. The van der Waals surface area contributed by atoms with E-state index < -0.39 is 23.8 Å². The molecule has 1 aliphatic heterocycles. The van der Waals surface area contributed by atoms with E-state index >= 15 is 0 Å². The van der Waals surface area contributed by atoms with E-state index in [1.54, 1.807) is 37.3 Å². The molecule has 0 spiro atoms. The van der Waals surface area contributed by atoms with Gasteiger partial charge in [-0.3, -0.25) is 4.90 Å². The molecule has 1 heterocycles. The third kappa shape index (κ3) is 3.88. The summed E-state index contributed by atoms with van der Waals surface area (Å²) in [5.41, 5.74) is 0.0464. The van der Waals surface area contributed by atoms with Crippen LogP contribution in [0.3, 0.4) is 0 Å². The van der Waals surface area contributed by atoms with Crippen LogP contribution in [0.15, 0.2) is 42.1 Å². The molecule has 23 heavy (non-hydrogen) atoms. The third-order valence-electron chi connectivity index (χ3n) is 2.87. The van der Waals surface area contributed by atoms with E-state index in [0.717, 1.165) is 11.1 Å². The quantitative estimate of drug-likeness (QED) is 0.483.